The Labute approximate surface area is 138 Å². The van der Waals surface area contributed by atoms with Crippen molar-refractivity contribution in [2.45, 2.75) is 26.1 Å². The largest absolute Gasteiger partial charge is 0.461 e. The number of carbonyl (C=O) groups excluding carboxylic acids is 1. The minimum atomic E-state index is -0.378. The van der Waals surface area contributed by atoms with Gasteiger partial charge in [0.25, 0.3) is 0 Å². The summed E-state index contributed by atoms with van der Waals surface area (Å²) >= 11 is 0. The molecule has 0 saturated carbocycles. The molecule has 1 atom stereocenters. The van der Waals surface area contributed by atoms with Crippen molar-refractivity contribution in [2.24, 2.45) is 0 Å². The molecule has 2 aromatic rings. The molecule has 0 N–H and O–H groups in total. The number of hydrogen-bond donors (Lipinski definition) is 0. The van der Waals surface area contributed by atoms with Gasteiger partial charge in [-0.25, -0.2) is 4.79 Å². The molecule has 2 aromatic carbocycles. The van der Waals surface area contributed by atoms with Crippen LogP contribution in [0.15, 0.2) is 73.3 Å². The molecule has 23 heavy (non-hydrogen) atoms. The van der Waals surface area contributed by atoms with E-state index in [0.717, 1.165) is 13.1 Å². The Kier molecular flexibility index (Phi) is 6.57. The molecule has 0 radical (unpaired) electrons. The molecule has 0 aliphatic heterocycles. The van der Waals surface area contributed by atoms with Crippen LogP contribution in [-0.2, 0) is 22.6 Å². The van der Waals surface area contributed by atoms with Gasteiger partial charge >= 0.3 is 5.97 Å². The van der Waals surface area contributed by atoms with E-state index in [1.807, 2.05) is 36.4 Å². The van der Waals surface area contributed by atoms with E-state index in [4.69, 9.17) is 4.74 Å². The van der Waals surface area contributed by atoms with Gasteiger partial charge < -0.3 is 4.74 Å². The highest BCUT2D eigenvalue weighted by Crippen LogP contribution is 2.13. The van der Waals surface area contributed by atoms with E-state index in [9.17, 15) is 4.79 Å². The van der Waals surface area contributed by atoms with E-state index < -0.39 is 0 Å². The average molecular weight is 309 g/mol. The highest BCUT2D eigenvalue weighted by molar-refractivity contribution is 5.81. The first-order valence-electron chi connectivity index (χ1n) is 7.80. The molecule has 0 spiro atoms. The van der Waals surface area contributed by atoms with Crippen LogP contribution in [0, 0.1) is 0 Å². The Morgan fingerprint density at radius 1 is 1.04 bits per heavy atom. The topological polar surface area (TPSA) is 29.5 Å². The van der Waals surface area contributed by atoms with Gasteiger partial charge in [-0.1, -0.05) is 67.2 Å². The molecule has 0 fully saturated rings. The number of benzene rings is 2. The molecule has 3 heteroatoms. The minimum Gasteiger partial charge on any atom is -0.461 e. The Morgan fingerprint density at radius 3 is 1.96 bits per heavy atom. The molecule has 0 saturated heterocycles. The van der Waals surface area contributed by atoms with Crippen LogP contribution in [0.1, 0.15) is 18.1 Å². The lowest BCUT2D eigenvalue weighted by atomic mass is 10.1. The van der Waals surface area contributed by atoms with E-state index in [2.05, 4.69) is 42.7 Å². The lowest BCUT2D eigenvalue weighted by Gasteiger charge is -2.29. The van der Waals surface area contributed by atoms with Crippen molar-refractivity contribution in [1.29, 1.82) is 0 Å². The number of rotatable bonds is 8. The molecular weight excluding hydrogens is 286 g/mol. The van der Waals surface area contributed by atoms with Gasteiger partial charge in [-0.05, 0) is 18.1 Å². The fraction of sp³-hybridized carbons (Fsp3) is 0.250. The van der Waals surface area contributed by atoms with E-state index >= 15 is 0 Å². The zero-order valence-electron chi connectivity index (χ0n) is 13.5. The van der Waals surface area contributed by atoms with Crippen LogP contribution in [0.5, 0.6) is 0 Å². The predicted molar refractivity (Wildman–Crippen MR) is 92.7 cm³/mol. The molecule has 120 valence electrons. The Balaban J connectivity index is 2.06. The summed E-state index contributed by atoms with van der Waals surface area (Å²) in [7, 11) is 0. The van der Waals surface area contributed by atoms with E-state index in [1.165, 1.54) is 17.2 Å². The van der Waals surface area contributed by atoms with Crippen LogP contribution < -0.4 is 0 Å². The maximum Gasteiger partial charge on any atom is 0.330 e. The lowest BCUT2D eigenvalue weighted by Crippen LogP contribution is -2.36. The summed E-state index contributed by atoms with van der Waals surface area (Å²) in [4.78, 5) is 13.6. The molecule has 0 amide bonds. The number of esters is 1. The fourth-order valence-electron chi connectivity index (χ4n) is 2.37. The van der Waals surface area contributed by atoms with Gasteiger partial charge in [-0.3, -0.25) is 4.90 Å². The van der Waals surface area contributed by atoms with E-state index in [1.54, 1.807) is 0 Å². The van der Waals surface area contributed by atoms with Crippen molar-refractivity contribution in [3.8, 4) is 0 Å². The summed E-state index contributed by atoms with van der Waals surface area (Å²) in [5.74, 6) is -0.378. The van der Waals surface area contributed by atoms with Crippen molar-refractivity contribution in [3.05, 3.63) is 84.4 Å². The third-order valence-electron chi connectivity index (χ3n) is 3.71. The molecular formula is C20H23NO2. The Morgan fingerprint density at radius 2 is 1.52 bits per heavy atom. The number of ether oxygens (including phenoxy) is 1. The maximum absolute atomic E-state index is 11.3. The van der Waals surface area contributed by atoms with Crippen molar-refractivity contribution in [1.82, 2.24) is 4.90 Å². The summed E-state index contributed by atoms with van der Waals surface area (Å²) < 4.78 is 5.21. The molecule has 0 heterocycles. The normalized spacial score (nSPS) is 11.9. The van der Waals surface area contributed by atoms with Crippen LogP contribution in [0.2, 0.25) is 0 Å². The molecule has 0 aromatic heterocycles. The van der Waals surface area contributed by atoms with Crippen LogP contribution in [0.25, 0.3) is 0 Å². The van der Waals surface area contributed by atoms with Gasteiger partial charge in [0, 0.05) is 25.2 Å². The van der Waals surface area contributed by atoms with Gasteiger partial charge in [0.15, 0.2) is 0 Å². The van der Waals surface area contributed by atoms with Gasteiger partial charge in [0.05, 0.1) is 0 Å². The second-order valence-corrected chi connectivity index (χ2v) is 5.56. The predicted octanol–water partition coefficient (Wildman–Crippen LogP) is 3.81. The SMILES string of the molecule is C=CC(=O)OCC(C)N(Cc1ccccc1)Cc1ccccc1. The van der Waals surface area contributed by atoms with E-state index in [0.29, 0.717) is 6.61 Å². The van der Waals surface area contributed by atoms with Crippen molar-refractivity contribution < 1.29 is 9.53 Å². The zero-order chi connectivity index (χ0) is 16.5. The number of carbonyl (C=O) groups is 1. The Hall–Kier alpha value is -2.39. The van der Waals surface area contributed by atoms with Crippen molar-refractivity contribution in [3.63, 3.8) is 0 Å². The van der Waals surface area contributed by atoms with Crippen LogP contribution in [0.4, 0.5) is 0 Å². The third-order valence-corrected chi connectivity index (χ3v) is 3.71. The summed E-state index contributed by atoms with van der Waals surface area (Å²) in [6.07, 6.45) is 1.20. The second-order valence-electron chi connectivity index (χ2n) is 5.56. The average Bonchev–Trinajstić information content (AvgIpc) is 2.60. The fourth-order valence-corrected chi connectivity index (χ4v) is 2.37. The third kappa shape index (κ3) is 5.72. The minimum absolute atomic E-state index is 0.110. The highest BCUT2D eigenvalue weighted by Gasteiger charge is 2.16. The van der Waals surface area contributed by atoms with Gasteiger partial charge in [-0.15, -0.1) is 0 Å². The summed E-state index contributed by atoms with van der Waals surface area (Å²) in [5.41, 5.74) is 2.48. The smallest absolute Gasteiger partial charge is 0.330 e. The summed E-state index contributed by atoms with van der Waals surface area (Å²) in [6, 6.07) is 20.7. The summed E-state index contributed by atoms with van der Waals surface area (Å²) in [5, 5.41) is 0. The van der Waals surface area contributed by atoms with Crippen molar-refractivity contribution >= 4 is 5.97 Å². The van der Waals surface area contributed by atoms with Gasteiger partial charge in [0.2, 0.25) is 0 Å². The molecule has 0 bridgehead atoms. The van der Waals surface area contributed by atoms with Crippen LogP contribution in [0.3, 0.4) is 0 Å². The number of nitrogens with zero attached hydrogens (tertiary/aromatic N) is 1. The molecule has 0 aliphatic carbocycles. The van der Waals surface area contributed by atoms with Gasteiger partial charge in [-0.2, -0.15) is 0 Å². The van der Waals surface area contributed by atoms with Crippen molar-refractivity contribution in [2.75, 3.05) is 6.61 Å². The standard InChI is InChI=1S/C20H23NO2/c1-3-20(22)23-16-17(2)21(14-18-10-6-4-7-11-18)15-19-12-8-5-9-13-19/h3-13,17H,1,14-16H2,2H3. The van der Waals surface area contributed by atoms with Gasteiger partial charge in [0.1, 0.15) is 6.61 Å². The quantitative estimate of drug-likeness (QED) is 0.548. The van der Waals surface area contributed by atoms with Crippen LogP contribution >= 0.6 is 0 Å². The van der Waals surface area contributed by atoms with E-state index in [-0.39, 0.29) is 12.0 Å². The lowest BCUT2D eigenvalue weighted by molar-refractivity contribution is -0.139. The first kappa shape index (κ1) is 17.0. The molecule has 3 nitrogen and oxygen atoms in total. The molecule has 2 rings (SSSR count). The second kappa shape index (κ2) is 8.91. The first-order chi connectivity index (χ1) is 11.2. The first-order valence-corrected chi connectivity index (χ1v) is 7.80. The monoisotopic (exact) mass is 309 g/mol. The molecule has 1 unspecified atom stereocenters. The highest BCUT2D eigenvalue weighted by atomic mass is 16.5. The number of hydrogen-bond acceptors (Lipinski definition) is 3. The molecule has 0 aliphatic rings. The Bertz CT molecular complexity index is 569. The van der Waals surface area contributed by atoms with Crippen LogP contribution in [-0.4, -0.2) is 23.5 Å². The summed E-state index contributed by atoms with van der Waals surface area (Å²) in [6.45, 7) is 7.47. The zero-order valence-corrected chi connectivity index (χ0v) is 13.5. The maximum atomic E-state index is 11.3.